The molecule has 4 N–H and O–H groups in total. The second-order valence-electron chi connectivity index (χ2n) is 7.36. The van der Waals surface area contributed by atoms with Gasteiger partial charge in [0.2, 0.25) is 10.0 Å². The Kier molecular flexibility index (Phi) is 8.07. The molecule has 0 aromatic heterocycles. The number of hydrogen-bond donors (Lipinski definition) is 3. The molecule has 1 heterocycles. The van der Waals surface area contributed by atoms with Crippen molar-refractivity contribution in [3.05, 3.63) is 35.4 Å². The highest BCUT2D eigenvalue weighted by molar-refractivity contribution is 7.88. The molecule has 1 aromatic carbocycles. The zero-order chi connectivity index (χ0) is 19.9. The molecule has 2 rings (SSSR count). The molecule has 7 nitrogen and oxygen atoms in total. The van der Waals surface area contributed by atoms with Gasteiger partial charge in [0.1, 0.15) is 0 Å². The predicted octanol–water partition coefficient (Wildman–Crippen LogP) is 1.40. The quantitative estimate of drug-likeness (QED) is 0.434. The summed E-state index contributed by atoms with van der Waals surface area (Å²) in [5.74, 6) is 0.430. The first kappa shape index (κ1) is 21.7. The fourth-order valence-corrected chi connectivity index (χ4v) is 4.79. The molecule has 0 spiro atoms. The molecular formula is C19H33N5O2S. The van der Waals surface area contributed by atoms with Crippen LogP contribution in [0.3, 0.4) is 0 Å². The highest BCUT2D eigenvalue weighted by Crippen LogP contribution is 2.15. The number of sulfonamides is 1. The van der Waals surface area contributed by atoms with Gasteiger partial charge in [-0.2, -0.15) is 0 Å². The molecule has 0 bridgehead atoms. The minimum atomic E-state index is -3.31. The number of likely N-dealkylation sites (tertiary alicyclic amines) is 1. The number of nitrogens with zero attached hydrogens (tertiary/aromatic N) is 2. The van der Waals surface area contributed by atoms with Crippen molar-refractivity contribution in [3.8, 4) is 0 Å². The number of rotatable bonds is 9. The van der Waals surface area contributed by atoms with Crippen LogP contribution < -0.4 is 15.8 Å². The summed E-state index contributed by atoms with van der Waals surface area (Å²) in [6, 6.07) is 7.87. The maximum atomic E-state index is 12.0. The summed E-state index contributed by atoms with van der Waals surface area (Å²) >= 11 is 0. The molecule has 1 unspecified atom stereocenters. The minimum Gasteiger partial charge on any atom is -0.370 e. The van der Waals surface area contributed by atoms with Crippen molar-refractivity contribution in [2.75, 3.05) is 19.6 Å². The Hall–Kier alpha value is -1.64. The van der Waals surface area contributed by atoms with Gasteiger partial charge in [0.05, 0.1) is 12.3 Å². The molecule has 1 atom stereocenters. The zero-order valence-corrected chi connectivity index (χ0v) is 17.4. The fourth-order valence-electron chi connectivity index (χ4n) is 3.36. The van der Waals surface area contributed by atoms with E-state index in [0.717, 1.165) is 30.8 Å². The SMILES string of the molecule is CCN1CCCC1CNC(N)=NCc1ccc(CS(=O)(=O)NC(C)C)cc1. The van der Waals surface area contributed by atoms with Crippen molar-refractivity contribution in [1.82, 2.24) is 14.9 Å². The van der Waals surface area contributed by atoms with Gasteiger partial charge in [-0.05, 0) is 50.9 Å². The van der Waals surface area contributed by atoms with Crippen molar-refractivity contribution in [2.24, 2.45) is 10.7 Å². The van der Waals surface area contributed by atoms with E-state index < -0.39 is 10.0 Å². The Bertz CT molecular complexity index is 716. The van der Waals surface area contributed by atoms with Gasteiger partial charge in [0.15, 0.2) is 5.96 Å². The molecule has 1 aromatic rings. The molecule has 1 fully saturated rings. The number of aliphatic imine (C=N–C) groups is 1. The van der Waals surface area contributed by atoms with Gasteiger partial charge in [0, 0.05) is 18.6 Å². The maximum absolute atomic E-state index is 12.0. The number of nitrogens with two attached hydrogens (primary N) is 1. The highest BCUT2D eigenvalue weighted by atomic mass is 32.2. The molecule has 27 heavy (non-hydrogen) atoms. The summed E-state index contributed by atoms with van der Waals surface area (Å²) in [6.07, 6.45) is 2.44. The summed E-state index contributed by atoms with van der Waals surface area (Å²) in [5, 5.41) is 3.22. The summed E-state index contributed by atoms with van der Waals surface area (Å²) in [7, 11) is -3.31. The van der Waals surface area contributed by atoms with Crippen molar-refractivity contribution >= 4 is 16.0 Å². The van der Waals surface area contributed by atoms with Gasteiger partial charge in [-0.1, -0.05) is 31.2 Å². The van der Waals surface area contributed by atoms with E-state index >= 15 is 0 Å². The number of guanidine groups is 1. The van der Waals surface area contributed by atoms with E-state index in [1.54, 1.807) is 0 Å². The van der Waals surface area contributed by atoms with E-state index in [2.05, 4.69) is 26.9 Å². The molecule has 152 valence electrons. The Morgan fingerprint density at radius 3 is 2.59 bits per heavy atom. The van der Waals surface area contributed by atoms with Crippen LogP contribution in [-0.2, 0) is 22.3 Å². The minimum absolute atomic E-state index is 0.0201. The second-order valence-corrected chi connectivity index (χ2v) is 9.11. The molecule has 1 aliphatic rings. The molecule has 1 aliphatic heterocycles. The van der Waals surface area contributed by atoms with Gasteiger partial charge in [0.25, 0.3) is 0 Å². The van der Waals surface area contributed by atoms with Crippen molar-refractivity contribution in [3.63, 3.8) is 0 Å². The maximum Gasteiger partial charge on any atom is 0.216 e. The largest absolute Gasteiger partial charge is 0.370 e. The van der Waals surface area contributed by atoms with E-state index in [4.69, 9.17) is 5.73 Å². The van der Waals surface area contributed by atoms with Gasteiger partial charge < -0.3 is 11.1 Å². The van der Waals surface area contributed by atoms with Gasteiger partial charge in [-0.3, -0.25) is 4.90 Å². The molecule has 0 aliphatic carbocycles. The van der Waals surface area contributed by atoms with E-state index in [1.165, 1.54) is 12.8 Å². The first-order valence-electron chi connectivity index (χ1n) is 9.64. The van der Waals surface area contributed by atoms with Crippen LogP contribution in [0.15, 0.2) is 29.3 Å². The molecule has 0 radical (unpaired) electrons. The average Bonchev–Trinajstić information content (AvgIpc) is 3.05. The Morgan fingerprint density at radius 1 is 1.30 bits per heavy atom. The van der Waals surface area contributed by atoms with E-state index in [1.807, 2.05) is 38.1 Å². The van der Waals surface area contributed by atoms with Crippen molar-refractivity contribution in [2.45, 2.75) is 58.0 Å². The lowest BCUT2D eigenvalue weighted by atomic mass is 10.1. The topological polar surface area (TPSA) is 99.8 Å². The number of nitrogens with one attached hydrogen (secondary N) is 2. The summed E-state index contributed by atoms with van der Waals surface area (Å²) < 4.78 is 26.5. The van der Waals surface area contributed by atoms with Crippen LogP contribution >= 0.6 is 0 Å². The third kappa shape index (κ3) is 7.48. The standard InChI is InChI=1S/C19H33N5O2S/c1-4-24-11-5-6-18(24)13-22-19(20)21-12-16-7-9-17(10-8-16)14-27(25,26)23-15(2)3/h7-10,15,18,23H,4-6,11-14H2,1-3H3,(H3,20,21,22). The van der Waals surface area contributed by atoms with E-state index in [9.17, 15) is 8.42 Å². The monoisotopic (exact) mass is 395 g/mol. The van der Waals surface area contributed by atoms with Crippen LogP contribution in [0.5, 0.6) is 0 Å². The summed E-state index contributed by atoms with van der Waals surface area (Å²) in [6.45, 7) is 9.32. The van der Waals surface area contributed by atoms with Crippen LogP contribution in [0.4, 0.5) is 0 Å². The first-order valence-corrected chi connectivity index (χ1v) is 11.3. The second kappa shape index (κ2) is 10.1. The zero-order valence-electron chi connectivity index (χ0n) is 16.6. The summed E-state index contributed by atoms with van der Waals surface area (Å²) in [5.41, 5.74) is 7.73. The fraction of sp³-hybridized carbons (Fsp3) is 0.632. The summed E-state index contributed by atoms with van der Waals surface area (Å²) in [4.78, 5) is 6.84. The average molecular weight is 396 g/mol. The van der Waals surface area contributed by atoms with E-state index in [-0.39, 0.29) is 11.8 Å². The van der Waals surface area contributed by atoms with Crippen LogP contribution in [0.2, 0.25) is 0 Å². The third-order valence-electron chi connectivity index (χ3n) is 4.65. The van der Waals surface area contributed by atoms with Crippen LogP contribution in [0, 0.1) is 0 Å². The molecule has 8 heteroatoms. The Labute approximate surface area is 163 Å². The van der Waals surface area contributed by atoms with Crippen molar-refractivity contribution in [1.29, 1.82) is 0 Å². The van der Waals surface area contributed by atoms with Crippen LogP contribution in [0.25, 0.3) is 0 Å². The molecule has 1 saturated heterocycles. The molecule has 0 amide bonds. The van der Waals surface area contributed by atoms with Crippen LogP contribution in [0.1, 0.15) is 44.7 Å². The van der Waals surface area contributed by atoms with Gasteiger partial charge in [-0.15, -0.1) is 0 Å². The Morgan fingerprint density at radius 2 is 1.96 bits per heavy atom. The van der Waals surface area contributed by atoms with Crippen molar-refractivity contribution < 1.29 is 8.42 Å². The molecular weight excluding hydrogens is 362 g/mol. The van der Waals surface area contributed by atoms with Crippen LogP contribution in [-0.4, -0.2) is 51.0 Å². The van der Waals surface area contributed by atoms with Gasteiger partial charge >= 0.3 is 0 Å². The first-order chi connectivity index (χ1) is 12.8. The number of likely N-dealkylation sites (N-methyl/N-ethyl adjacent to an activating group) is 1. The smallest absolute Gasteiger partial charge is 0.216 e. The van der Waals surface area contributed by atoms with Gasteiger partial charge in [-0.25, -0.2) is 18.1 Å². The lowest BCUT2D eigenvalue weighted by Crippen LogP contribution is -2.42. The highest BCUT2D eigenvalue weighted by Gasteiger charge is 2.22. The normalized spacial score (nSPS) is 19.0. The predicted molar refractivity (Wildman–Crippen MR) is 111 cm³/mol. The third-order valence-corrected chi connectivity index (χ3v) is 6.19. The lowest BCUT2D eigenvalue weighted by molar-refractivity contribution is 0.267. The molecule has 0 saturated carbocycles. The number of hydrogen-bond acceptors (Lipinski definition) is 4. The van der Waals surface area contributed by atoms with E-state index in [0.29, 0.717) is 18.5 Å². The number of benzene rings is 1. The lowest BCUT2D eigenvalue weighted by Gasteiger charge is -2.23. The Balaban J connectivity index is 1.82.